The van der Waals surface area contributed by atoms with E-state index in [0.29, 0.717) is 28.1 Å². The first-order chi connectivity index (χ1) is 15.7. The van der Waals surface area contributed by atoms with Crippen LogP contribution in [0.3, 0.4) is 0 Å². The third-order valence-corrected chi connectivity index (χ3v) is 7.80. The summed E-state index contributed by atoms with van der Waals surface area (Å²) in [7, 11) is -3.65. The van der Waals surface area contributed by atoms with Crippen molar-refractivity contribution < 1.29 is 12.9 Å². The number of hydrogen-bond acceptors (Lipinski definition) is 9. The maximum Gasteiger partial charge on any atom is 0.183 e. The quantitative estimate of drug-likeness (QED) is 0.367. The molecule has 0 bridgehead atoms. The first-order valence-corrected chi connectivity index (χ1v) is 12.3. The molecule has 0 aliphatic carbocycles. The van der Waals surface area contributed by atoms with Gasteiger partial charge in [0.1, 0.15) is 23.1 Å². The van der Waals surface area contributed by atoms with Gasteiger partial charge in [-0.3, -0.25) is 0 Å². The average molecular weight is 488 g/mol. The molecular weight excluding hydrogens is 466 g/mol. The van der Waals surface area contributed by atoms with Crippen molar-refractivity contribution in [1.82, 2.24) is 34.9 Å². The van der Waals surface area contributed by atoms with Crippen molar-refractivity contribution in [3.8, 4) is 11.5 Å². The van der Waals surface area contributed by atoms with Crippen LogP contribution in [0.2, 0.25) is 5.02 Å². The highest BCUT2D eigenvalue weighted by atomic mass is 35.5. The fourth-order valence-corrected chi connectivity index (χ4v) is 5.01. The van der Waals surface area contributed by atoms with E-state index in [1.165, 1.54) is 18.6 Å². The van der Waals surface area contributed by atoms with Crippen molar-refractivity contribution in [2.75, 3.05) is 0 Å². The molecule has 172 valence electrons. The minimum Gasteiger partial charge on any atom is -0.359 e. The molecule has 0 N–H and O–H groups in total. The molecule has 0 radical (unpaired) electrons. The van der Waals surface area contributed by atoms with Crippen LogP contribution in [0.4, 0.5) is 0 Å². The van der Waals surface area contributed by atoms with E-state index in [2.05, 4.69) is 30.3 Å². The number of rotatable bonds is 8. The molecule has 2 atom stereocenters. The van der Waals surface area contributed by atoms with Gasteiger partial charge >= 0.3 is 0 Å². The first kappa shape index (κ1) is 23.0. The Balaban J connectivity index is 1.67. The van der Waals surface area contributed by atoms with Crippen LogP contribution in [0.15, 0.2) is 47.4 Å². The van der Waals surface area contributed by atoms with E-state index in [1.54, 1.807) is 30.5 Å². The molecule has 4 rings (SSSR count). The highest BCUT2D eigenvalue weighted by molar-refractivity contribution is 7.91. The van der Waals surface area contributed by atoms with E-state index in [-0.39, 0.29) is 18.1 Å². The van der Waals surface area contributed by atoms with Gasteiger partial charge in [0, 0.05) is 30.1 Å². The number of sulfone groups is 1. The van der Waals surface area contributed by atoms with Crippen LogP contribution >= 0.6 is 11.6 Å². The zero-order valence-corrected chi connectivity index (χ0v) is 19.8. The summed E-state index contributed by atoms with van der Waals surface area (Å²) in [6.07, 6.45) is 4.43. The van der Waals surface area contributed by atoms with Crippen molar-refractivity contribution in [2.45, 2.75) is 44.2 Å². The van der Waals surface area contributed by atoms with Crippen LogP contribution in [-0.4, -0.2) is 48.5 Å². The van der Waals surface area contributed by atoms with Crippen molar-refractivity contribution in [3.63, 3.8) is 0 Å². The second-order valence-corrected chi connectivity index (χ2v) is 10.5. The Morgan fingerprint density at radius 2 is 1.88 bits per heavy atom. The standard InChI is InChI=1S/C21H22ClN7O3S/c1-13-5-4-6-18(26-13)21-28-27-19(29(21)11-17-7-8-25-32-17)12-33(30,31)15(3)14(2)20-23-9-16(22)10-24-20/h4-10,14-15H,11-12H2,1-3H3/t14-,15-/m0/s1. The number of nitrogens with zero attached hydrogens (tertiary/aromatic N) is 7. The summed E-state index contributed by atoms with van der Waals surface area (Å²) in [5.74, 6) is 0.902. The predicted molar refractivity (Wildman–Crippen MR) is 121 cm³/mol. The van der Waals surface area contributed by atoms with E-state index in [1.807, 2.05) is 19.1 Å². The molecule has 12 heteroatoms. The summed E-state index contributed by atoms with van der Waals surface area (Å²) in [5.41, 5.74) is 1.39. The first-order valence-electron chi connectivity index (χ1n) is 10.2. The van der Waals surface area contributed by atoms with Gasteiger partial charge in [-0.2, -0.15) is 0 Å². The molecule has 4 aromatic heterocycles. The van der Waals surface area contributed by atoms with Gasteiger partial charge in [0.25, 0.3) is 0 Å². The Morgan fingerprint density at radius 3 is 2.55 bits per heavy atom. The normalized spacial score (nSPS) is 13.7. The SMILES string of the molecule is Cc1cccc(-c2nnc(CS(=O)(=O)[C@@H](C)[C@H](C)c3ncc(Cl)cn3)n2Cc2ccno2)n1. The largest absolute Gasteiger partial charge is 0.359 e. The molecule has 33 heavy (non-hydrogen) atoms. The molecule has 0 spiro atoms. The zero-order chi connectivity index (χ0) is 23.6. The second kappa shape index (κ2) is 9.36. The monoisotopic (exact) mass is 487 g/mol. The molecule has 0 fully saturated rings. The Bertz CT molecular complexity index is 1340. The van der Waals surface area contributed by atoms with Crippen LogP contribution in [0, 0.1) is 6.92 Å². The molecule has 10 nitrogen and oxygen atoms in total. The topological polar surface area (TPSA) is 130 Å². The lowest BCUT2D eigenvalue weighted by Gasteiger charge is -2.19. The molecule has 0 saturated heterocycles. The minimum absolute atomic E-state index is 0.215. The summed E-state index contributed by atoms with van der Waals surface area (Å²) in [6.45, 7) is 5.49. The lowest BCUT2D eigenvalue weighted by atomic mass is 10.1. The van der Waals surface area contributed by atoms with E-state index >= 15 is 0 Å². The summed E-state index contributed by atoms with van der Waals surface area (Å²) in [4.78, 5) is 12.8. The van der Waals surface area contributed by atoms with Gasteiger partial charge in [-0.05, 0) is 26.0 Å². The van der Waals surface area contributed by atoms with Crippen LogP contribution in [-0.2, 0) is 22.1 Å². The summed E-state index contributed by atoms with van der Waals surface area (Å²) < 4.78 is 33.6. The Hall–Kier alpha value is -3.18. The van der Waals surface area contributed by atoms with Gasteiger partial charge < -0.3 is 9.09 Å². The molecule has 0 aliphatic heterocycles. The number of aryl methyl sites for hydroxylation is 1. The number of aromatic nitrogens is 7. The van der Waals surface area contributed by atoms with Gasteiger partial charge in [-0.25, -0.2) is 23.4 Å². The van der Waals surface area contributed by atoms with Crippen molar-refractivity contribution in [1.29, 1.82) is 0 Å². The fourth-order valence-electron chi connectivity index (χ4n) is 3.33. The van der Waals surface area contributed by atoms with Gasteiger partial charge in [0.05, 0.1) is 23.0 Å². The van der Waals surface area contributed by atoms with Crippen LogP contribution < -0.4 is 0 Å². The fraction of sp³-hybridized carbons (Fsp3) is 0.333. The summed E-state index contributed by atoms with van der Waals surface area (Å²) >= 11 is 5.85. The minimum atomic E-state index is -3.65. The average Bonchev–Trinajstić information content (AvgIpc) is 3.44. The van der Waals surface area contributed by atoms with Crippen molar-refractivity contribution >= 4 is 21.4 Å². The third kappa shape index (κ3) is 5.09. The molecule has 0 aliphatic rings. The van der Waals surface area contributed by atoms with Crippen LogP contribution in [0.5, 0.6) is 0 Å². The summed E-state index contributed by atoms with van der Waals surface area (Å²) in [5, 5.41) is 11.8. The van der Waals surface area contributed by atoms with E-state index in [4.69, 9.17) is 16.1 Å². The second-order valence-electron chi connectivity index (χ2n) is 7.73. The van der Waals surface area contributed by atoms with Gasteiger partial charge in [-0.1, -0.05) is 29.7 Å². The van der Waals surface area contributed by atoms with Crippen molar-refractivity contribution in [3.05, 3.63) is 71.0 Å². The number of halogens is 1. The molecular formula is C21H22ClN7O3S. The van der Waals surface area contributed by atoms with Crippen molar-refractivity contribution in [2.24, 2.45) is 0 Å². The van der Waals surface area contributed by atoms with E-state index in [9.17, 15) is 8.42 Å². The van der Waals surface area contributed by atoms with E-state index < -0.39 is 21.0 Å². The zero-order valence-electron chi connectivity index (χ0n) is 18.3. The smallest absolute Gasteiger partial charge is 0.183 e. The Kier molecular flexibility index (Phi) is 6.52. The maximum atomic E-state index is 13.3. The summed E-state index contributed by atoms with van der Waals surface area (Å²) in [6, 6.07) is 7.23. The predicted octanol–water partition coefficient (Wildman–Crippen LogP) is 3.24. The molecule has 0 unspecified atom stereocenters. The third-order valence-electron chi connectivity index (χ3n) is 5.40. The number of hydrogen-bond donors (Lipinski definition) is 0. The molecule has 4 aromatic rings. The van der Waals surface area contributed by atoms with Gasteiger partial charge in [0.15, 0.2) is 21.4 Å². The van der Waals surface area contributed by atoms with Crippen LogP contribution in [0.1, 0.15) is 42.9 Å². The lowest BCUT2D eigenvalue weighted by molar-refractivity contribution is 0.375. The molecule has 0 amide bonds. The highest BCUT2D eigenvalue weighted by Crippen LogP contribution is 2.26. The molecule has 4 heterocycles. The molecule has 0 saturated carbocycles. The lowest BCUT2D eigenvalue weighted by Crippen LogP contribution is -2.27. The number of pyridine rings is 1. The van der Waals surface area contributed by atoms with Crippen LogP contribution in [0.25, 0.3) is 11.5 Å². The Labute approximate surface area is 196 Å². The maximum absolute atomic E-state index is 13.3. The van der Waals surface area contributed by atoms with E-state index in [0.717, 1.165) is 5.69 Å². The van der Waals surface area contributed by atoms with Gasteiger partial charge in [-0.15, -0.1) is 10.2 Å². The highest BCUT2D eigenvalue weighted by Gasteiger charge is 2.32. The Morgan fingerprint density at radius 1 is 1.12 bits per heavy atom. The van der Waals surface area contributed by atoms with Gasteiger partial charge in [0.2, 0.25) is 0 Å². The molecule has 0 aromatic carbocycles.